The summed E-state index contributed by atoms with van der Waals surface area (Å²) in [5, 5.41) is 2.64. The standard InChI is InChI=1S/C17H16BFN2O3/c1-11-17(2,3)24-18(23-11)12-4-6-13(7-5-12)21-16(22)14-8-9-20-10-15(14)19/h4-10H,1H2,2-3H3,(H,21,22). The quantitative estimate of drug-likeness (QED) is 0.881. The minimum Gasteiger partial charge on any atom is -0.534 e. The number of aromatic nitrogens is 1. The predicted octanol–water partition coefficient (Wildman–Crippen LogP) is 2.51. The fourth-order valence-corrected chi connectivity index (χ4v) is 2.25. The number of rotatable bonds is 3. The normalized spacial score (nSPS) is 16.0. The van der Waals surface area contributed by atoms with Crippen LogP contribution in [0.1, 0.15) is 24.2 Å². The van der Waals surface area contributed by atoms with Crippen LogP contribution < -0.4 is 10.8 Å². The largest absolute Gasteiger partial charge is 0.563 e. The van der Waals surface area contributed by atoms with Crippen molar-refractivity contribution in [2.75, 3.05) is 5.32 Å². The van der Waals surface area contributed by atoms with Crippen molar-refractivity contribution in [3.63, 3.8) is 0 Å². The van der Waals surface area contributed by atoms with Crippen molar-refractivity contribution in [3.05, 3.63) is 66.4 Å². The molecule has 3 rings (SSSR count). The lowest BCUT2D eigenvalue weighted by atomic mass is 9.79. The molecule has 0 atom stereocenters. The summed E-state index contributed by atoms with van der Waals surface area (Å²) in [4.78, 5) is 15.7. The molecule has 1 aromatic carbocycles. The van der Waals surface area contributed by atoms with Gasteiger partial charge in [-0.15, -0.1) is 0 Å². The number of pyridine rings is 1. The molecule has 2 heterocycles. The molecule has 2 aromatic rings. The molecule has 0 radical (unpaired) electrons. The van der Waals surface area contributed by atoms with Crippen LogP contribution >= 0.6 is 0 Å². The van der Waals surface area contributed by atoms with E-state index in [-0.39, 0.29) is 5.56 Å². The van der Waals surface area contributed by atoms with Crippen LogP contribution in [0.3, 0.4) is 0 Å². The molecule has 122 valence electrons. The average molecular weight is 326 g/mol. The Morgan fingerprint density at radius 3 is 2.58 bits per heavy atom. The van der Waals surface area contributed by atoms with Crippen molar-refractivity contribution in [2.45, 2.75) is 19.4 Å². The second-order valence-corrected chi connectivity index (χ2v) is 5.93. The Morgan fingerprint density at radius 2 is 2.00 bits per heavy atom. The first kappa shape index (κ1) is 16.2. The summed E-state index contributed by atoms with van der Waals surface area (Å²) >= 11 is 0. The fraction of sp³-hybridized carbons (Fsp3) is 0.176. The third-order valence-electron chi connectivity index (χ3n) is 3.78. The molecule has 5 nitrogen and oxygen atoms in total. The van der Waals surface area contributed by atoms with Crippen molar-refractivity contribution >= 4 is 24.2 Å². The molecule has 7 heteroatoms. The lowest BCUT2D eigenvalue weighted by Crippen LogP contribution is -2.34. The second kappa shape index (κ2) is 6.09. The minimum atomic E-state index is -0.667. The lowest BCUT2D eigenvalue weighted by molar-refractivity contribution is 0.102. The zero-order valence-electron chi connectivity index (χ0n) is 13.4. The molecule has 1 saturated heterocycles. The third-order valence-corrected chi connectivity index (χ3v) is 3.78. The maximum atomic E-state index is 13.6. The molecule has 0 aliphatic carbocycles. The number of anilines is 1. The molecular formula is C17H16BFN2O3. The monoisotopic (exact) mass is 326 g/mol. The number of carbonyl (C=O) groups is 1. The summed E-state index contributed by atoms with van der Waals surface area (Å²) < 4.78 is 25.0. The first-order chi connectivity index (χ1) is 11.4. The first-order valence-electron chi connectivity index (χ1n) is 7.41. The van der Waals surface area contributed by atoms with Gasteiger partial charge in [0.25, 0.3) is 5.91 Å². The van der Waals surface area contributed by atoms with Crippen molar-refractivity contribution < 1.29 is 18.5 Å². The van der Waals surface area contributed by atoms with E-state index < -0.39 is 24.4 Å². The van der Waals surface area contributed by atoms with Crippen molar-refractivity contribution in [1.82, 2.24) is 4.98 Å². The van der Waals surface area contributed by atoms with E-state index in [4.69, 9.17) is 9.31 Å². The fourth-order valence-electron chi connectivity index (χ4n) is 2.25. The Labute approximate surface area is 139 Å². The molecule has 1 fully saturated rings. The molecule has 0 spiro atoms. The molecule has 0 bridgehead atoms. The maximum absolute atomic E-state index is 13.6. The van der Waals surface area contributed by atoms with Crippen molar-refractivity contribution in [3.8, 4) is 0 Å². The van der Waals surface area contributed by atoms with E-state index in [0.29, 0.717) is 11.4 Å². The Hall–Kier alpha value is -2.67. The Balaban J connectivity index is 1.71. The molecule has 1 N–H and O–H groups in total. The van der Waals surface area contributed by atoms with E-state index in [9.17, 15) is 9.18 Å². The summed E-state index contributed by atoms with van der Waals surface area (Å²) in [6, 6.07) is 8.28. The van der Waals surface area contributed by atoms with Crippen LogP contribution in [-0.4, -0.2) is 23.6 Å². The van der Waals surface area contributed by atoms with Gasteiger partial charge < -0.3 is 14.6 Å². The number of nitrogens with zero attached hydrogens (tertiary/aromatic N) is 1. The Kier molecular flexibility index (Phi) is 4.11. The summed E-state index contributed by atoms with van der Waals surface area (Å²) in [5.74, 6) is -0.635. The van der Waals surface area contributed by atoms with Crippen LogP contribution in [0.5, 0.6) is 0 Å². The van der Waals surface area contributed by atoms with Gasteiger partial charge in [0.1, 0.15) is 5.60 Å². The maximum Gasteiger partial charge on any atom is 0.563 e. The number of halogens is 1. The van der Waals surface area contributed by atoms with Gasteiger partial charge >= 0.3 is 7.12 Å². The zero-order valence-corrected chi connectivity index (χ0v) is 13.4. The van der Waals surface area contributed by atoms with Crippen LogP contribution in [0.2, 0.25) is 0 Å². The van der Waals surface area contributed by atoms with Crippen LogP contribution in [0.25, 0.3) is 0 Å². The van der Waals surface area contributed by atoms with E-state index in [0.717, 1.165) is 11.7 Å². The Morgan fingerprint density at radius 1 is 1.29 bits per heavy atom. The molecule has 1 amide bonds. The smallest absolute Gasteiger partial charge is 0.534 e. The number of benzene rings is 1. The topological polar surface area (TPSA) is 60.5 Å². The van der Waals surface area contributed by atoms with Crippen molar-refractivity contribution in [1.29, 1.82) is 0 Å². The molecule has 1 aromatic heterocycles. The van der Waals surface area contributed by atoms with Gasteiger partial charge in [0.05, 0.1) is 17.5 Å². The summed E-state index contributed by atoms with van der Waals surface area (Å²) in [6.45, 7) is 7.60. The number of nitrogens with one attached hydrogen (secondary N) is 1. The van der Waals surface area contributed by atoms with Gasteiger partial charge in [-0.05, 0) is 37.5 Å². The van der Waals surface area contributed by atoms with Gasteiger partial charge in [0, 0.05) is 11.9 Å². The van der Waals surface area contributed by atoms with Crippen LogP contribution in [0.15, 0.2) is 55.1 Å². The highest BCUT2D eigenvalue weighted by atomic mass is 19.1. The SMILES string of the molecule is C=C1OB(c2ccc(NC(=O)c3ccncc3F)cc2)OC1(C)C. The summed E-state index contributed by atoms with van der Waals surface area (Å²) in [5.41, 5.74) is 0.733. The first-order valence-corrected chi connectivity index (χ1v) is 7.41. The zero-order chi connectivity index (χ0) is 17.3. The minimum absolute atomic E-state index is 0.0606. The predicted molar refractivity (Wildman–Crippen MR) is 89.4 cm³/mol. The molecule has 24 heavy (non-hydrogen) atoms. The van der Waals surface area contributed by atoms with Gasteiger partial charge in [-0.1, -0.05) is 18.7 Å². The highest BCUT2D eigenvalue weighted by Gasteiger charge is 2.42. The van der Waals surface area contributed by atoms with Gasteiger partial charge in [-0.3, -0.25) is 9.78 Å². The van der Waals surface area contributed by atoms with E-state index in [1.165, 1.54) is 12.3 Å². The van der Waals surface area contributed by atoms with Gasteiger partial charge in [0.15, 0.2) is 5.82 Å². The highest BCUT2D eigenvalue weighted by Crippen LogP contribution is 2.29. The third kappa shape index (κ3) is 3.16. The van der Waals surface area contributed by atoms with Gasteiger partial charge in [-0.2, -0.15) is 0 Å². The average Bonchev–Trinajstić information content (AvgIpc) is 2.82. The van der Waals surface area contributed by atoms with Crippen LogP contribution in [0, 0.1) is 5.82 Å². The number of hydrogen-bond donors (Lipinski definition) is 1. The molecule has 0 unspecified atom stereocenters. The number of hydrogen-bond acceptors (Lipinski definition) is 4. The molecule has 1 aliphatic rings. The lowest BCUT2D eigenvalue weighted by Gasteiger charge is -2.15. The van der Waals surface area contributed by atoms with E-state index in [2.05, 4.69) is 16.9 Å². The van der Waals surface area contributed by atoms with Gasteiger partial charge in [-0.25, -0.2) is 4.39 Å². The molecule has 0 saturated carbocycles. The molecule has 1 aliphatic heterocycles. The van der Waals surface area contributed by atoms with E-state index >= 15 is 0 Å². The Bertz CT molecular complexity index is 793. The van der Waals surface area contributed by atoms with E-state index in [1.54, 1.807) is 24.3 Å². The summed E-state index contributed by atoms with van der Waals surface area (Å²) in [6.07, 6.45) is 2.37. The molecular weight excluding hydrogens is 310 g/mol. The highest BCUT2D eigenvalue weighted by molar-refractivity contribution is 6.62. The van der Waals surface area contributed by atoms with Crippen LogP contribution in [0.4, 0.5) is 10.1 Å². The van der Waals surface area contributed by atoms with Crippen LogP contribution in [-0.2, 0) is 9.31 Å². The second-order valence-electron chi connectivity index (χ2n) is 5.93. The number of amides is 1. The van der Waals surface area contributed by atoms with Crippen molar-refractivity contribution in [2.24, 2.45) is 0 Å². The summed E-state index contributed by atoms with van der Waals surface area (Å²) in [7, 11) is -0.533. The van der Waals surface area contributed by atoms with E-state index in [1.807, 2.05) is 13.8 Å². The van der Waals surface area contributed by atoms with Gasteiger partial charge in [0.2, 0.25) is 0 Å². The number of carbonyl (C=O) groups excluding carboxylic acids is 1.